The van der Waals surface area contributed by atoms with Gasteiger partial charge in [0.25, 0.3) is 5.91 Å². The second-order valence-electron chi connectivity index (χ2n) is 5.05. The van der Waals surface area contributed by atoms with Crippen LogP contribution in [-0.4, -0.2) is 22.0 Å². The zero-order chi connectivity index (χ0) is 15.0. The van der Waals surface area contributed by atoms with Crippen molar-refractivity contribution in [3.63, 3.8) is 0 Å². The predicted octanol–water partition coefficient (Wildman–Crippen LogP) is 2.03. The lowest BCUT2D eigenvalue weighted by Gasteiger charge is -2.13. The monoisotopic (exact) mass is 286 g/mol. The van der Waals surface area contributed by atoms with Gasteiger partial charge in [-0.25, -0.2) is 4.98 Å². The van der Waals surface area contributed by atoms with Gasteiger partial charge in [0.2, 0.25) is 5.76 Å². The highest BCUT2D eigenvalue weighted by Crippen LogP contribution is 2.40. The van der Waals surface area contributed by atoms with E-state index in [0.717, 1.165) is 11.1 Å². The van der Waals surface area contributed by atoms with Gasteiger partial charge in [0, 0.05) is 0 Å². The SMILES string of the molecule is Cc1ncoc1C(=O)NC1CC(C(=O)O)c2ccccc21. The molecule has 0 spiro atoms. The fourth-order valence-electron chi connectivity index (χ4n) is 2.75. The number of fused-ring (bicyclic) bond motifs is 1. The maximum atomic E-state index is 12.2. The van der Waals surface area contributed by atoms with Crippen LogP contribution in [0.4, 0.5) is 0 Å². The van der Waals surface area contributed by atoms with E-state index in [4.69, 9.17) is 4.42 Å². The van der Waals surface area contributed by atoms with Crippen molar-refractivity contribution >= 4 is 11.9 Å². The lowest BCUT2D eigenvalue weighted by atomic mass is 10.0. The minimum atomic E-state index is -0.880. The van der Waals surface area contributed by atoms with Gasteiger partial charge < -0.3 is 14.8 Å². The number of aromatic nitrogens is 1. The van der Waals surface area contributed by atoms with Crippen LogP contribution in [0.2, 0.25) is 0 Å². The summed E-state index contributed by atoms with van der Waals surface area (Å²) in [7, 11) is 0. The summed E-state index contributed by atoms with van der Waals surface area (Å²) < 4.78 is 5.06. The zero-order valence-corrected chi connectivity index (χ0v) is 11.4. The molecule has 6 nitrogen and oxygen atoms in total. The quantitative estimate of drug-likeness (QED) is 0.900. The number of oxazole rings is 1. The summed E-state index contributed by atoms with van der Waals surface area (Å²) in [5.74, 6) is -1.69. The fourth-order valence-corrected chi connectivity index (χ4v) is 2.75. The van der Waals surface area contributed by atoms with Gasteiger partial charge in [-0.2, -0.15) is 0 Å². The lowest BCUT2D eigenvalue weighted by Crippen LogP contribution is -2.27. The van der Waals surface area contributed by atoms with Crippen LogP contribution in [0.5, 0.6) is 0 Å². The molecule has 21 heavy (non-hydrogen) atoms. The van der Waals surface area contributed by atoms with Crippen molar-refractivity contribution in [2.24, 2.45) is 0 Å². The number of nitrogens with zero attached hydrogens (tertiary/aromatic N) is 1. The number of benzene rings is 1. The molecule has 1 aromatic heterocycles. The number of carboxylic acid groups (broad SMARTS) is 1. The van der Waals surface area contributed by atoms with E-state index in [1.807, 2.05) is 12.1 Å². The van der Waals surface area contributed by atoms with Crippen LogP contribution in [0.3, 0.4) is 0 Å². The Morgan fingerprint density at radius 1 is 1.33 bits per heavy atom. The van der Waals surface area contributed by atoms with Crippen molar-refractivity contribution in [3.05, 3.63) is 53.2 Å². The van der Waals surface area contributed by atoms with E-state index in [1.165, 1.54) is 6.39 Å². The minimum absolute atomic E-state index is 0.159. The summed E-state index contributed by atoms with van der Waals surface area (Å²) in [4.78, 5) is 27.4. The highest BCUT2D eigenvalue weighted by Gasteiger charge is 2.36. The number of carboxylic acids is 1. The van der Waals surface area contributed by atoms with E-state index in [1.54, 1.807) is 19.1 Å². The molecule has 2 atom stereocenters. The van der Waals surface area contributed by atoms with Gasteiger partial charge in [0.15, 0.2) is 6.39 Å². The van der Waals surface area contributed by atoms with E-state index in [-0.39, 0.29) is 17.7 Å². The molecule has 1 amide bonds. The highest BCUT2D eigenvalue weighted by atomic mass is 16.4. The van der Waals surface area contributed by atoms with Gasteiger partial charge in [0.05, 0.1) is 17.7 Å². The average molecular weight is 286 g/mol. The van der Waals surface area contributed by atoms with Gasteiger partial charge in [-0.15, -0.1) is 0 Å². The summed E-state index contributed by atoms with van der Waals surface area (Å²) in [6.07, 6.45) is 1.56. The molecule has 2 aromatic rings. The van der Waals surface area contributed by atoms with Gasteiger partial charge in [-0.05, 0) is 24.5 Å². The Morgan fingerprint density at radius 2 is 2.05 bits per heavy atom. The van der Waals surface area contributed by atoms with Crippen molar-refractivity contribution in [2.45, 2.75) is 25.3 Å². The molecule has 0 saturated carbocycles. The van der Waals surface area contributed by atoms with Crippen LogP contribution in [0.25, 0.3) is 0 Å². The number of hydrogen-bond acceptors (Lipinski definition) is 4. The molecule has 1 aromatic carbocycles. The molecule has 0 radical (unpaired) electrons. The third-order valence-electron chi connectivity index (χ3n) is 3.77. The van der Waals surface area contributed by atoms with Crippen LogP contribution in [0.1, 0.15) is 45.8 Å². The van der Waals surface area contributed by atoms with E-state index < -0.39 is 11.9 Å². The highest BCUT2D eigenvalue weighted by molar-refractivity contribution is 5.93. The topological polar surface area (TPSA) is 92.4 Å². The van der Waals surface area contributed by atoms with Crippen LogP contribution >= 0.6 is 0 Å². The molecule has 6 heteroatoms. The second kappa shape index (κ2) is 5.05. The number of nitrogens with one attached hydrogen (secondary N) is 1. The number of hydrogen-bond donors (Lipinski definition) is 2. The number of rotatable bonds is 3. The molecule has 3 rings (SSSR count). The third-order valence-corrected chi connectivity index (χ3v) is 3.77. The summed E-state index contributed by atoms with van der Waals surface area (Å²) in [5.41, 5.74) is 2.11. The molecule has 2 unspecified atom stereocenters. The normalized spacial score (nSPS) is 20.0. The van der Waals surface area contributed by atoms with Gasteiger partial charge in [-0.3, -0.25) is 9.59 Å². The molecular weight excluding hydrogens is 272 g/mol. The molecule has 1 aliphatic rings. The van der Waals surface area contributed by atoms with Gasteiger partial charge in [0.1, 0.15) is 0 Å². The van der Waals surface area contributed by atoms with Crippen molar-refractivity contribution in [1.29, 1.82) is 0 Å². The van der Waals surface area contributed by atoms with Crippen LogP contribution in [-0.2, 0) is 4.79 Å². The first-order valence-electron chi connectivity index (χ1n) is 6.60. The molecule has 0 aliphatic heterocycles. The lowest BCUT2D eigenvalue weighted by molar-refractivity contribution is -0.138. The zero-order valence-electron chi connectivity index (χ0n) is 11.4. The Balaban J connectivity index is 1.86. The number of carbonyl (C=O) groups excluding carboxylic acids is 1. The first-order chi connectivity index (χ1) is 10.1. The number of aliphatic carboxylic acids is 1. The van der Waals surface area contributed by atoms with Crippen molar-refractivity contribution in [2.75, 3.05) is 0 Å². The maximum Gasteiger partial charge on any atom is 0.311 e. The molecular formula is C15H14N2O4. The van der Waals surface area contributed by atoms with E-state index in [0.29, 0.717) is 12.1 Å². The summed E-state index contributed by atoms with van der Waals surface area (Å²) in [6, 6.07) is 6.94. The Kier molecular flexibility index (Phi) is 3.21. The summed E-state index contributed by atoms with van der Waals surface area (Å²) in [6.45, 7) is 1.68. The average Bonchev–Trinajstić information content (AvgIpc) is 3.03. The van der Waals surface area contributed by atoms with E-state index >= 15 is 0 Å². The smallest absolute Gasteiger partial charge is 0.311 e. The van der Waals surface area contributed by atoms with Crippen molar-refractivity contribution < 1.29 is 19.1 Å². The molecule has 0 fully saturated rings. The fraction of sp³-hybridized carbons (Fsp3) is 0.267. The molecule has 108 valence electrons. The second-order valence-corrected chi connectivity index (χ2v) is 5.05. The largest absolute Gasteiger partial charge is 0.481 e. The van der Waals surface area contributed by atoms with E-state index in [9.17, 15) is 14.7 Å². The standard InChI is InChI=1S/C15H14N2O4/c1-8-13(21-7-16-8)14(18)17-12-6-11(15(19)20)9-4-2-3-5-10(9)12/h2-5,7,11-12H,6H2,1H3,(H,17,18)(H,19,20). The predicted molar refractivity (Wildman–Crippen MR) is 72.9 cm³/mol. The summed E-state index contributed by atoms with van der Waals surface area (Å²) in [5, 5.41) is 12.1. The Morgan fingerprint density at radius 3 is 2.67 bits per heavy atom. The minimum Gasteiger partial charge on any atom is -0.481 e. The van der Waals surface area contributed by atoms with E-state index in [2.05, 4.69) is 10.3 Å². The van der Waals surface area contributed by atoms with Gasteiger partial charge >= 0.3 is 5.97 Å². The number of aryl methyl sites for hydroxylation is 1. The van der Waals surface area contributed by atoms with Crippen LogP contribution in [0, 0.1) is 6.92 Å². The molecule has 0 bridgehead atoms. The maximum absolute atomic E-state index is 12.2. The molecule has 1 aliphatic carbocycles. The first kappa shape index (κ1) is 13.4. The molecule has 0 saturated heterocycles. The number of amides is 1. The van der Waals surface area contributed by atoms with Crippen molar-refractivity contribution in [1.82, 2.24) is 10.3 Å². The van der Waals surface area contributed by atoms with Crippen molar-refractivity contribution in [3.8, 4) is 0 Å². The third kappa shape index (κ3) is 2.29. The molecule has 1 heterocycles. The first-order valence-corrected chi connectivity index (χ1v) is 6.60. The van der Waals surface area contributed by atoms with Crippen LogP contribution < -0.4 is 5.32 Å². The summed E-state index contributed by atoms with van der Waals surface area (Å²) >= 11 is 0. The Hall–Kier alpha value is -2.63. The number of carbonyl (C=O) groups is 2. The van der Waals surface area contributed by atoms with Crippen LogP contribution in [0.15, 0.2) is 35.1 Å². The Labute approximate surface area is 120 Å². The molecule has 2 N–H and O–H groups in total. The van der Waals surface area contributed by atoms with Gasteiger partial charge in [-0.1, -0.05) is 24.3 Å². The Bertz CT molecular complexity index is 707.